The molecular weight excluding hydrogens is 344 g/mol. The molecule has 1 amide bonds. The molecule has 0 radical (unpaired) electrons. The summed E-state index contributed by atoms with van der Waals surface area (Å²) in [5.41, 5.74) is 4.96. The van der Waals surface area contributed by atoms with Crippen molar-refractivity contribution in [1.29, 1.82) is 0 Å². The number of hydrogen-bond donors (Lipinski definition) is 1. The van der Waals surface area contributed by atoms with E-state index in [0.29, 0.717) is 17.2 Å². The third-order valence-corrected chi connectivity index (χ3v) is 5.28. The maximum Gasteiger partial charge on any atom is 0.246 e. The van der Waals surface area contributed by atoms with Crippen LogP contribution >= 0.6 is 0 Å². The van der Waals surface area contributed by atoms with Gasteiger partial charge < -0.3 is 19.5 Å². The number of amides is 1. The number of nitrogens with one attached hydrogen (secondary N) is 1. The molecule has 2 heterocycles. The quantitative estimate of drug-likeness (QED) is 0.902. The molecule has 0 unspecified atom stereocenters. The molecule has 6 nitrogen and oxygen atoms in total. The molecule has 0 saturated carbocycles. The van der Waals surface area contributed by atoms with Crippen molar-refractivity contribution in [3.8, 4) is 17.2 Å². The van der Waals surface area contributed by atoms with E-state index in [2.05, 4.69) is 11.4 Å². The normalized spacial score (nSPS) is 18.1. The van der Waals surface area contributed by atoms with Crippen LogP contribution in [0.3, 0.4) is 0 Å². The third kappa shape index (κ3) is 3.00. The Hall–Kier alpha value is -2.73. The summed E-state index contributed by atoms with van der Waals surface area (Å²) in [4.78, 5) is 15.3. The summed E-state index contributed by atoms with van der Waals surface area (Å²) in [6, 6.07) is 7.53. The molecule has 0 spiro atoms. The first-order valence-corrected chi connectivity index (χ1v) is 9.07. The second-order valence-electron chi connectivity index (χ2n) is 7.16. The molecule has 0 bridgehead atoms. The second kappa shape index (κ2) is 6.78. The van der Waals surface area contributed by atoms with Crippen LogP contribution < -0.4 is 19.5 Å². The Kier molecular flexibility index (Phi) is 4.44. The minimum Gasteiger partial charge on any atom is -0.492 e. The standard InChI is InChI=1S/C21H24N2O4/c1-12-5-6-15(13(2)9-12)22-21(24)18-17-14(7-8-23(18)3)10-16-19(20(17)25-4)27-11-26-16/h5-6,9-10,18H,7-8,11H2,1-4H3,(H,22,24)/t18-/m1/s1. The molecule has 0 aromatic heterocycles. The average molecular weight is 368 g/mol. The Balaban J connectivity index is 1.74. The Morgan fingerprint density at radius 1 is 1.26 bits per heavy atom. The van der Waals surface area contributed by atoms with Crippen LogP contribution in [0.15, 0.2) is 24.3 Å². The fourth-order valence-electron chi connectivity index (χ4n) is 3.92. The maximum absolute atomic E-state index is 13.3. The van der Waals surface area contributed by atoms with Crippen molar-refractivity contribution in [3.63, 3.8) is 0 Å². The summed E-state index contributed by atoms with van der Waals surface area (Å²) in [7, 11) is 3.56. The van der Waals surface area contributed by atoms with Crippen LogP contribution in [0.5, 0.6) is 17.2 Å². The highest BCUT2D eigenvalue weighted by Crippen LogP contribution is 2.49. The molecule has 4 rings (SSSR count). The van der Waals surface area contributed by atoms with Gasteiger partial charge in [0.05, 0.1) is 7.11 Å². The summed E-state index contributed by atoms with van der Waals surface area (Å²) in [5.74, 6) is 1.77. The summed E-state index contributed by atoms with van der Waals surface area (Å²) < 4.78 is 16.8. The van der Waals surface area contributed by atoms with Gasteiger partial charge in [0.25, 0.3) is 0 Å². The number of carbonyl (C=O) groups is 1. The van der Waals surface area contributed by atoms with E-state index in [-0.39, 0.29) is 12.7 Å². The molecule has 27 heavy (non-hydrogen) atoms. The smallest absolute Gasteiger partial charge is 0.246 e. The van der Waals surface area contributed by atoms with E-state index < -0.39 is 6.04 Å². The van der Waals surface area contributed by atoms with Gasteiger partial charge >= 0.3 is 0 Å². The summed E-state index contributed by atoms with van der Waals surface area (Å²) in [5, 5.41) is 3.09. The second-order valence-corrected chi connectivity index (χ2v) is 7.16. The highest BCUT2D eigenvalue weighted by atomic mass is 16.7. The molecule has 2 aliphatic heterocycles. The van der Waals surface area contributed by atoms with Gasteiger partial charge in [-0.2, -0.15) is 0 Å². The van der Waals surface area contributed by atoms with Crippen LogP contribution in [0.1, 0.15) is 28.3 Å². The van der Waals surface area contributed by atoms with Crippen molar-refractivity contribution in [2.24, 2.45) is 0 Å². The Morgan fingerprint density at radius 3 is 2.81 bits per heavy atom. The topological polar surface area (TPSA) is 60.0 Å². The lowest BCUT2D eigenvalue weighted by atomic mass is 9.90. The summed E-state index contributed by atoms with van der Waals surface area (Å²) >= 11 is 0. The van der Waals surface area contributed by atoms with E-state index in [1.807, 2.05) is 44.0 Å². The van der Waals surface area contributed by atoms with Crippen molar-refractivity contribution >= 4 is 11.6 Å². The number of hydrogen-bond acceptors (Lipinski definition) is 5. The average Bonchev–Trinajstić information content (AvgIpc) is 3.10. The van der Waals surface area contributed by atoms with E-state index in [9.17, 15) is 4.79 Å². The Labute approximate surface area is 159 Å². The lowest BCUT2D eigenvalue weighted by Gasteiger charge is -2.34. The van der Waals surface area contributed by atoms with Gasteiger partial charge in [-0.15, -0.1) is 0 Å². The first-order chi connectivity index (χ1) is 13.0. The largest absolute Gasteiger partial charge is 0.492 e. The van der Waals surface area contributed by atoms with Gasteiger partial charge in [-0.1, -0.05) is 17.7 Å². The van der Waals surface area contributed by atoms with Gasteiger partial charge in [-0.25, -0.2) is 0 Å². The first-order valence-electron chi connectivity index (χ1n) is 9.07. The van der Waals surface area contributed by atoms with Crippen LogP contribution in [-0.4, -0.2) is 38.3 Å². The van der Waals surface area contributed by atoms with Gasteiger partial charge in [0.2, 0.25) is 18.4 Å². The lowest BCUT2D eigenvalue weighted by Crippen LogP contribution is -2.40. The number of fused-ring (bicyclic) bond motifs is 2. The van der Waals surface area contributed by atoms with Crippen LogP contribution in [0.2, 0.25) is 0 Å². The van der Waals surface area contributed by atoms with Crippen LogP contribution in [0, 0.1) is 13.8 Å². The molecule has 0 saturated heterocycles. The number of ether oxygens (including phenoxy) is 3. The molecule has 1 atom stereocenters. The lowest BCUT2D eigenvalue weighted by molar-refractivity contribution is -0.121. The highest BCUT2D eigenvalue weighted by Gasteiger charge is 2.37. The van der Waals surface area contributed by atoms with Crippen molar-refractivity contribution in [2.45, 2.75) is 26.3 Å². The molecular formula is C21H24N2O4. The zero-order valence-electron chi connectivity index (χ0n) is 16.1. The Morgan fingerprint density at radius 2 is 2.07 bits per heavy atom. The van der Waals surface area contributed by atoms with Crippen molar-refractivity contribution < 1.29 is 19.0 Å². The minimum atomic E-state index is -0.459. The summed E-state index contributed by atoms with van der Waals surface area (Å²) in [6.45, 7) is 4.99. The number of carbonyl (C=O) groups excluding carboxylic acids is 1. The van der Waals surface area contributed by atoms with Gasteiger partial charge in [-0.05, 0) is 50.6 Å². The van der Waals surface area contributed by atoms with Crippen LogP contribution in [-0.2, 0) is 11.2 Å². The van der Waals surface area contributed by atoms with Crippen LogP contribution in [0.25, 0.3) is 0 Å². The molecule has 0 aliphatic carbocycles. The van der Waals surface area contributed by atoms with Gasteiger partial charge in [-0.3, -0.25) is 9.69 Å². The number of methoxy groups -OCH3 is 1. The minimum absolute atomic E-state index is 0.0810. The molecule has 0 fully saturated rings. The third-order valence-electron chi connectivity index (χ3n) is 5.28. The van der Waals surface area contributed by atoms with E-state index >= 15 is 0 Å². The molecule has 2 aliphatic rings. The maximum atomic E-state index is 13.3. The predicted octanol–water partition coefficient (Wildman–Crippen LogP) is 3.21. The fourth-order valence-corrected chi connectivity index (χ4v) is 3.92. The summed E-state index contributed by atoms with van der Waals surface area (Å²) in [6.07, 6.45) is 0.826. The first kappa shape index (κ1) is 17.7. The number of nitrogens with zero attached hydrogens (tertiary/aromatic N) is 1. The number of rotatable bonds is 3. The van der Waals surface area contributed by atoms with Gasteiger partial charge in [0.1, 0.15) is 6.04 Å². The van der Waals surface area contributed by atoms with Gasteiger partial charge in [0, 0.05) is 17.8 Å². The van der Waals surface area contributed by atoms with Crippen molar-refractivity contribution in [3.05, 3.63) is 46.5 Å². The predicted molar refractivity (Wildman–Crippen MR) is 103 cm³/mol. The monoisotopic (exact) mass is 368 g/mol. The highest BCUT2D eigenvalue weighted by molar-refractivity contribution is 5.97. The van der Waals surface area contributed by atoms with E-state index in [1.165, 1.54) is 5.56 Å². The van der Waals surface area contributed by atoms with E-state index in [0.717, 1.165) is 35.3 Å². The van der Waals surface area contributed by atoms with Crippen molar-refractivity contribution in [1.82, 2.24) is 4.90 Å². The zero-order valence-corrected chi connectivity index (χ0v) is 16.1. The number of benzene rings is 2. The zero-order chi connectivity index (χ0) is 19.1. The SMILES string of the molecule is COc1c2c(cc3c1[C@H](C(=O)Nc1ccc(C)cc1C)N(C)CC3)OCO2. The molecule has 1 N–H and O–H groups in total. The molecule has 2 aromatic carbocycles. The van der Waals surface area contributed by atoms with Gasteiger partial charge in [0.15, 0.2) is 11.5 Å². The molecule has 2 aromatic rings. The van der Waals surface area contributed by atoms with E-state index in [4.69, 9.17) is 14.2 Å². The van der Waals surface area contributed by atoms with Crippen molar-refractivity contribution in [2.75, 3.05) is 32.8 Å². The Bertz CT molecular complexity index is 910. The molecule has 142 valence electrons. The number of anilines is 1. The molecule has 6 heteroatoms. The number of likely N-dealkylation sites (N-methyl/N-ethyl adjacent to an activating group) is 1. The van der Waals surface area contributed by atoms with E-state index in [1.54, 1.807) is 7.11 Å². The fraction of sp³-hybridized carbons (Fsp3) is 0.381. The number of aryl methyl sites for hydroxylation is 2. The van der Waals surface area contributed by atoms with Crippen LogP contribution in [0.4, 0.5) is 5.69 Å².